The van der Waals surface area contributed by atoms with Crippen LogP contribution < -0.4 is 5.32 Å². The predicted octanol–water partition coefficient (Wildman–Crippen LogP) is 4.47. The van der Waals surface area contributed by atoms with E-state index in [0.29, 0.717) is 11.7 Å². The van der Waals surface area contributed by atoms with E-state index in [2.05, 4.69) is 10.4 Å². The van der Waals surface area contributed by atoms with Crippen molar-refractivity contribution in [3.63, 3.8) is 0 Å². The topological polar surface area (TPSA) is 60.1 Å². The van der Waals surface area contributed by atoms with Gasteiger partial charge in [0, 0.05) is 24.5 Å². The molecule has 1 amide bonds. The van der Waals surface area contributed by atoms with Crippen LogP contribution in [0.25, 0.3) is 11.0 Å². The lowest BCUT2D eigenvalue weighted by Gasteiger charge is -2.20. The highest BCUT2D eigenvalue weighted by Crippen LogP contribution is 2.35. The van der Waals surface area contributed by atoms with E-state index in [4.69, 9.17) is 4.42 Å². The van der Waals surface area contributed by atoms with Gasteiger partial charge in [-0.05, 0) is 25.0 Å². The van der Waals surface area contributed by atoms with E-state index in [1.165, 1.54) is 19.3 Å². The zero-order chi connectivity index (χ0) is 16.5. The number of anilines is 1. The Morgan fingerprint density at radius 1 is 1.25 bits per heavy atom. The molecule has 124 valence electrons. The molecule has 1 aliphatic carbocycles. The SMILES string of the molecule is Cn1cc(NC(=O)c2cc3ccccc3o2)c(C2CCCCC2)n1. The Balaban J connectivity index is 1.59. The van der Waals surface area contributed by atoms with Crippen molar-refractivity contribution >= 4 is 22.6 Å². The molecular formula is C19H21N3O2. The lowest BCUT2D eigenvalue weighted by Crippen LogP contribution is -2.14. The second kappa shape index (κ2) is 6.15. The minimum atomic E-state index is -0.226. The van der Waals surface area contributed by atoms with Gasteiger partial charge >= 0.3 is 0 Å². The third kappa shape index (κ3) is 2.82. The molecular weight excluding hydrogens is 302 g/mol. The van der Waals surface area contributed by atoms with Gasteiger partial charge in [-0.25, -0.2) is 0 Å². The summed E-state index contributed by atoms with van der Waals surface area (Å²) in [4.78, 5) is 12.6. The number of rotatable bonds is 3. The van der Waals surface area contributed by atoms with Gasteiger partial charge in [-0.2, -0.15) is 5.10 Å². The third-order valence-corrected chi connectivity index (χ3v) is 4.75. The Morgan fingerprint density at radius 3 is 2.83 bits per heavy atom. The Labute approximate surface area is 140 Å². The zero-order valence-corrected chi connectivity index (χ0v) is 13.8. The number of hydrogen-bond acceptors (Lipinski definition) is 3. The van der Waals surface area contributed by atoms with Crippen LogP contribution in [0.4, 0.5) is 5.69 Å². The van der Waals surface area contributed by atoms with Crippen molar-refractivity contribution in [3.8, 4) is 0 Å². The molecule has 0 atom stereocenters. The van der Waals surface area contributed by atoms with Crippen molar-refractivity contribution in [1.29, 1.82) is 0 Å². The molecule has 2 heterocycles. The van der Waals surface area contributed by atoms with E-state index in [1.54, 1.807) is 10.7 Å². The maximum atomic E-state index is 12.6. The van der Waals surface area contributed by atoms with E-state index >= 15 is 0 Å². The van der Waals surface area contributed by atoms with E-state index in [1.807, 2.05) is 37.5 Å². The molecule has 4 rings (SSSR count). The lowest BCUT2D eigenvalue weighted by atomic mass is 9.86. The van der Waals surface area contributed by atoms with Gasteiger partial charge in [0.1, 0.15) is 5.58 Å². The Morgan fingerprint density at radius 2 is 2.04 bits per heavy atom. The third-order valence-electron chi connectivity index (χ3n) is 4.75. The van der Waals surface area contributed by atoms with Crippen molar-refractivity contribution in [2.45, 2.75) is 38.0 Å². The lowest BCUT2D eigenvalue weighted by molar-refractivity contribution is 0.0998. The standard InChI is InChI=1S/C19H21N3O2/c1-22-12-15(18(21-22)13-7-3-2-4-8-13)20-19(23)17-11-14-9-5-6-10-16(14)24-17/h5-6,9-13H,2-4,7-8H2,1H3,(H,20,23). The number of hydrogen-bond donors (Lipinski definition) is 1. The molecule has 1 saturated carbocycles. The van der Waals surface area contributed by atoms with Crippen LogP contribution in [0.2, 0.25) is 0 Å². The van der Waals surface area contributed by atoms with Gasteiger partial charge in [0.25, 0.3) is 5.91 Å². The molecule has 1 aliphatic rings. The first-order chi connectivity index (χ1) is 11.7. The molecule has 0 aliphatic heterocycles. The normalized spacial score (nSPS) is 15.7. The largest absolute Gasteiger partial charge is 0.451 e. The van der Waals surface area contributed by atoms with Crippen molar-refractivity contribution < 1.29 is 9.21 Å². The number of carbonyl (C=O) groups is 1. The number of aryl methyl sites for hydroxylation is 1. The summed E-state index contributed by atoms with van der Waals surface area (Å²) in [7, 11) is 1.89. The van der Waals surface area contributed by atoms with Crippen molar-refractivity contribution in [2.24, 2.45) is 7.05 Å². The van der Waals surface area contributed by atoms with Crippen molar-refractivity contribution in [2.75, 3.05) is 5.32 Å². The van der Waals surface area contributed by atoms with Crippen molar-refractivity contribution in [3.05, 3.63) is 48.0 Å². The fourth-order valence-electron chi connectivity index (χ4n) is 3.56. The highest BCUT2D eigenvalue weighted by molar-refractivity contribution is 6.04. The van der Waals surface area contributed by atoms with Crippen LogP contribution in [0.3, 0.4) is 0 Å². The van der Waals surface area contributed by atoms with Crippen LogP contribution in [0.1, 0.15) is 54.3 Å². The summed E-state index contributed by atoms with van der Waals surface area (Å²) in [6, 6.07) is 9.41. The second-order valence-electron chi connectivity index (χ2n) is 6.54. The number of benzene rings is 1. The summed E-state index contributed by atoms with van der Waals surface area (Å²) in [5, 5.41) is 8.52. The molecule has 5 nitrogen and oxygen atoms in total. The molecule has 2 aromatic heterocycles. The van der Waals surface area contributed by atoms with Crippen LogP contribution in [0.15, 0.2) is 40.9 Å². The molecule has 1 aromatic carbocycles. The number of aromatic nitrogens is 2. The van der Waals surface area contributed by atoms with Gasteiger partial charge < -0.3 is 9.73 Å². The molecule has 3 aromatic rings. The fraction of sp³-hybridized carbons (Fsp3) is 0.368. The average molecular weight is 323 g/mol. The van der Waals surface area contributed by atoms with Gasteiger partial charge in [-0.3, -0.25) is 9.48 Å². The number of para-hydroxylation sites is 1. The van der Waals surface area contributed by atoms with Gasteiger partial charge in [0.05, 0.1) is 11.4 Å². The first-order valence-electron chi connectivity index (χ1n) is 8.54. The van der Waals surface area contributed by atoms with Crippen molar-refractivity contribution in [1.82, 2.24) is 9.78 Å². The van der Waals surface area contributed by atoms with Crippen LogP contribution >= 0.6 is 0 Å². The molecule has 1 fully saturated rings. The molecule has 5 heteroatoms. The number of carbonyl (C=O) groups excluding carboxylic acids is 1. The van der Waals surface area contributed by atoms with E-state index in [0.717, 1.165) is 35.2 Å². The van der Waals surface area contributed by atoms with E-state index in [9.17, 15) is 4.79 Å². The quantitative estimate of drug-likeness (QED) is 0.774. The number of nitrogens with zero attached hydrogens (tertiary/aromatic N) is 2. The Hall–Kier alpha value is -2.56. The molecule has 0 bridgehead atoms. The molecule has 24 heavy (non-hydrogen) atoms. The molecule has 0 unspecified atom stereocenters. The average Bonchev–Trinajstić information content (AvgIpc) is 3.19. The predicted molar refractivity (Wildman–Crippen MR) is 93.2 cm³/mol. The summed E-state index contributed by atoms with van der Waals surface area (Å²) < 4.78 is 7.43. The first kappa shape index (κ1) is 15.0. The van der Waals surface area contributed by atoms with Crippen LogP contribution in [-0.4, -0.2) is 15.7 Å². The Kier molecular flexibility index (Phi) is 3.84. The maximum absolute atomic E-state index is 12.6. The number of fused-ring (bicyclic) bond motifs is 1. The Bertz CT molecular complexity index is 839. The van der Waals surface area contributed by atoms with Crippen LogP contribution in [-0.2, 0) is 7.05 Å². The molecule has 0 saturated heterocycles. The highest BCUT2D eigenvalue weighted by atomic mass is 16.3. The zero-order valence-electron chi connectivity index (χ0n) is 13.8. The summed E-state index contributed by atoms with van der Waals surface area (Å²) >= 11 is 0. The number of amides is 1. The van der Waals surface area contributed by atoms with Crippen LogP contribution in [0.5, 0.6) is 0 Å². The monoisotopic (exact) mass is 323 g/mol. The first-order valence-corrected chi connectivity index (χ1v) is 8.54. The van der Waals surface area contributed by atoms with E-state index in [-0.39, 0.29) is 5.91 Å². The van der Waals surface area contributed by atoms with E-state index < -0.39 is 0 Å². The fourth-order valence-corrected chi connectivity index (χ4v) is 3.56. The molecule has 0 radical (unpaired) electrons. The minimum absolute atomic E-state index is 0.226. The number of nitrogens with one attached hydrogen (secondary N) is 1. The summed E-state index contributed by atoms with van der Waals surface area (Å²) in [5.41, 5.74) is 2.53. The summed E-state index contributed by atoms with van der Waals surface area (Å²) in [5.74, 6) is 0.539. The van der Waals surface area contributed by atoms with Gasteiger partial charge in [-0.1, -0.05) is 37.5 Å². The summed E-state index contributed by atoms with van der Waals surface area (Å²) in [6.45, 7) is 0. The maximum Gasteiger partial charge on any atom is 0.291 e. The second-order valence-corrected chi connectivity index (χ2v) is 6.54. The van der Waals surface area contributed by atoms with Gasteiger partial charge in [0.15, 0.2) is 5.76 Å². The number of furan rings is 1. The molecule has 1 N–H and O–H groups in total. The van der Waals surface area contributed by atoms with Crippen LogP contribution in [0, 0.1) is 0 Å². The smallest absolute Gasteiger partial charge is 0.291 e. The minimum Gasteiger partial charge on any atom is -0.451 e. The summed E-state index contributed by atoms with van der Waals surface area (Å²) in [6.07, 6.45) is 7.93. The molecule has 0 spiro atoms. The van der Waals surface area contributed by atoms with Gasteiger partial charge in [-0.15, -0.1) is 0 Å². The highest BCUT2D eigenvalue weighted by Gasteiger charge is 2.23. The van der Waals surface area contributed by atoms with Gasteiger partial charge in [0.2, 0.25) is 0 Å².